The molecule has 1 aromatic carbocycles. The number of carbonyl (C=O) groups is 1. The first kappa shape index (κ1) is 12.5. The Labute approximate surface area is 94.9 Å². The van der Waals surface area contributed by atoms with Gasteiger partial charge in [0.25, 0.3) is 0 Å². The Bertz CT molecular complexity index is 366. The molecule has 1 atom stereocenters. The van der Waals surface area contributed by atoms with Crippen LogP contribution < -0.4 is 16.3 Å². The Hall–Kier alpha value is -1.59. The van der Waals surface area contributed by atoms with Crippen molar-refractivity contribution in [3.8, 4) is 5.75 Å². The monoisotopic (exact) mass is 223 g/mol. The van der Waals surface area contributed by atoms with Crippen molar-refractivity contribution in [2.75, 3.05) is 14.2 Å². The van der Waals surface area contributed by atoms with E-state index in [4.69, 9.17) is 16.3 Å². The normalized spacial score (nSPS) is 12.0. The van der Waals surface area contributed by atoms with E-state index in [9.17, 15) is 4.79 Å². The second-order valence-corrected chi connectivity index (χ2v) is 3.59. The fraction of sp³-hybridized carbons (Fsp3) is 0.364. The molecule has 0 radical (unpaired) electrons. The molecule has 88 valence electrons. The van der Waals surface area contributed by atoms with Crippen molar-refractivity contribution in [3.05, 3.63) is 29.8 Å². The van der Waals surface area contributed by atoms with Crippen LogP contribution >= 0.6 is 0 Å². The molecule has 0 aliphatic rings. The van der Waals surface area contributed by atoms with Crippen molar-refractivity contribution in [1.82, 2.24) is 5.01 Å². The molecule has 1 rings (SSSR count). The summed E-state index contributed by atoms with van der Waals surface area (Å²) in [5.74, 6) is 5.85. The molecule has 4 N–H and O–H groups in total. The summed E-state index contributed by atoms with van der Waals surface area (Å²) in [5.41, 5.74) is 6.75. The number of carbonyl (C=O) groups excluding carboxylic acids is 1. The van der Waals surface area contributed by atoms with Gasteiger partial charge in [-0.05, 0) is 17.7 Å². The zero-order valence-corrected chi connectivity index (χ0v) is 9.51. The van der Waals surface area contributed by atoms with Crippen molar-refractivity contribution in [2.45, 2.75) is 12.5 Å². The Morgan fingerprint density at radius 3 is 2.81 bits per heavy atom. The Kier molecular flexibility index (Phi) is 4.28. The van der Waals surface area contributed by atoms with Crippen molar-refractivity contribution >= 4 is 5.91 Å². The van der Waals surface area contributed by atoms with E-state index < -0.39 is 0 Å². The van der Waals surface area contributed by atoms with Crippen LogP contribution in [0.1, 0.15) is 18.0 Å². The van der Waals surface area contributed by atoms with Gasteiger partial charge in [0.1, 0.15) is 5.75 Å². The fourth-order valence-corrected chi connectivity index (χ4v) is 1.32. The molecule has 5 heteroatoms. The molecule has 0 saturated carbocycles. The van der Waals surface area contributed by atoms with Gasteiger partial charge in [-0.3, -0.25) is 9.80 Å². The minimum Gasteiger partial charge on any atom is -0.497 e. The van der Waals surface area contributed by atoms with Crippen LogP contribution in [0.4, 0.5) is 0 Å². The second kappa shape index (κ2) is 5.48. The van der Waals surface area contributed by atoms with Gasteiger partial charge in [0.05, 0.1) is 7.11 Å². The summed E-state index contributed by atoms with van der Waals surface area (Å²) in [6.45, 7) is 0. The van der Waals surface area contributed by atoms with Gasteiger partial charge >= 0.3 is 0 Å². The first-order chi connectivity index (χ1) is 7.54. The molecule has 1 aromatic rings. The first-order valence-corrected chi connectivity index (χ1v) is 4.95. The third-order valence-corrected chi connectivity index (χ3v) is 2.31. The molecule has 0 spiro atoms. The van der Waals surface area contributed by atoms with Gasteiger partial charge in [0, 0.05) is 19.5 Å². The highest BCUT2D eigenvalue weighted by Gasteiger charge is 2.13. The summed E-state index contributed by atoms with van der Waals surface area (Å²) in [6.07, 6.45) is 0.181. The van der Waals surface area contributed by atoms with Crippen molar-refractivity contribution in [3.63, 3.8) is 0 Å². The Balaban J connectivity index is 2.72. The average Bonchev–Trinajstić information content (AvgIpc) is 2.28. The maximum atomic E-state index is 11.4. The van der Waals surface area contributed by atoms with Crippen LogP contribution in [0.5, 0.6) is 5.75 Å². The van der Waals surface area contributed by atoms with Crippen molar-refractivity contribution in [1.29, 1.82) is 0 Å². The van der Waals surface area contributed by atoms with Gasteiger partial charge in [-0.15, -0.1) is 0 Å². The molecular weight excluding hydrogens is 206 g/mol. The number of hydrogen-bond donors (Lipinski definition) is 2. The van der Waals surface area contributed by atoms with E-state index in [-0.39, 0.29) is 18.4 Å². The van der Waals surface area contributed by atoms with E-state index in [1.54, 1.807) is 7.11 Å². The van der Waals surface area contributed by atoms with Crippen LogP contribution in [-0.4, -0.2) is 25.1 Å². The number of amides is 1. The number of rotatable bonds is 4. The van der Waals surface area contributed by atoms with Gasteiger partial charge in [0.15, 0.2) is 0 Å². The maximum Gasteiger partial charge on any atom is 0.238 e. The average molecular weight is 223 g/mol. The Morgan fingerprint density at radius 2 is 2.25 bits per heavy atom. The van der Waals surface area contributed by atoms with Crippen molar-refractivity contribution < 1.29 is 9.53 Å². The molecule has 0 aliphatic heterocycles. The highest BCUT2D eigenvalue weighted by molar-refractivity contribution is 5.76. The quantitative estimate of drug-likeness (QED) is 0.440. The number of hydrogen-bond acceptors (Lipinski definition) is 4. The lowest BCUT2D eigenvalue weighted by Crippen LogP contribution is -2.35. The number of benzene rings is 1. The fourth-order valence-electron chi connectivity index (χ4n) is 1.32. The standard InChI is InChI=1S/C11H17N3O2/c1-14(13)11(15)7-10(12)8-4-3-5-9(6-8)16-2/h3-6,10H,7,12-13H2,1-2H3. The molecule has 1 unspecified atom stereocenters. The first-order valence-electron chi connectivity index (χ1n) is 4.95. The molecule has 0 heterocycles. The van der Waals surface area contributed by atoms with Crippen LogP contribution in [0, 0.1) is 0 Å². The topological polar surface area (TPSA) is 81.6 Å². The van der Waals surface area contributed by atoms with Crippen LogP contribution in [0.25, 0.3) is 0 Å². The van der Waals surface area contributed by atoms with Gasteiger partial charge in [0.2, 0.25) is 5.91 Å². The van der Waals surface area contributed by atoms with E-state index in [1.165, 1.54) is 7.05 Å². The van der Waals surface area contributed by atoms with E-state index in [1.807, 2.05) is 24.3 Å². The minimum absolute atomic E-state index is 0.181. The lowest BCUT2D eigenvalue weighted by atomic mass is 10.0. The summed E-state index contributed by atoms with van der Waals surface area (Å²) < 4.78 is 5.08. The Morgan fingerprint density at radius 1 is 1.56 bits per heavy atom. The lowest BCUT2D eigenvalue weighted by Gasteiger charge is -2.15. The maximum absolute atomic E-state index is 11.4. The van der Waals surface area contributed by atoms with Crippen LogP contribution in [0.15, 0.2) is 24.3 Å². The SMILES string of the molecule is COc1cccc(C(N)CC(=O)N(C)N)c1. The van der Waals surface area contributed by atoms with Crippen LogP contribution in [0.2, 0.25) is 0 Å². The largest absolute Gasteiger partial charge is 0.497 e. The molecule has 0 aliphatic carbocycles. The number of nitrogens with two attached hydrogens (primary N) is 2. The predicted molar refractivity (Wildman–Crippen MR) is 61.5 cm³/mol. The smallest absolute Gasteiger partial charge is 0.238 e. The van der Waals surface area contributed by atoms with Crippen molar-refractivity contribution in [2.24, 2.45) is 11.6 Å². The molecule has 16 heavy (non-hydrogen) atoms. The lowest BCUT2D eigenvalue weighted by molar-refractivity contribution is -0.130. The number of ether oxygens (including phenoxy) is 1. The summed E-state index contributed by atoms with van der Waals surface area (Å²) in [6, 6.07) is 6.97. The molecule has 0 saturated heterocycles. The summed E-state index contributed by atoms with van der Waals surface area (Å²) in [7, 11) is 3.09. The van der Waals surface area contributed by atoms with E-state index in [0.29, 0.717) is 0 Å². The third kappa shape index (κ3) is 3.22. The highest BCUT2D eigenvalue weighted by Crippen LogP contribution is 2.19. The summed E-state index contributed by atoms with van der Waals surface area (Å²) >= 11 is 0. The molecular formula is C11H17N3O2. The summed E-state index contributed by atoms with van der Waals surface area (Å²) in [4.78, 5) is 11.4. The van der Waals surface area contributed by atoms with Gasteiger partial charge in [-0.2, -0.15) is 0 Å². The van der Waals surface area contributed by atoms with E-state index in [2.05, 4.69) is 0 Å². The zero-order valence-electron chi connectivity index (χ0n) is 9.51. The molecule has 0 fully saturated rings. The molecule has 0 aromatic heterocycles. The van der Waals surface area contributed by atoms with Crippen LogP contribution in [0.3, 0.4) is 0 Å². The highest BCUT2D eigenvalue weighted by atomic mass is 16.5. The zero-order chi connectivity index (χ0) is 12.1. The number of nitrogens with zero attached hydrogens (tertiary/aromatic N) is 1. The predicted octanol–water partition coefficient (Wildman–Crippen LogP) is 0.417. The van der Waals surface area contributed by atoms with Gasteiger partial charge < -0.3 is 10.5 Å². The molecule has 1 amide bonds. The van der Waals surface area contributed by atoms with Gasteiger partial charge in [-0.25, -0.2) is 5.84 Å². The molecule has 5 nitrogen and oxygen atoms in total. The molecule has 0 bridgehead atoms. The van der Waals surface area contributed by atoms with E-state index >= 15 is 0 Å². The van der Waals surface area contributed by atoms with Crippen LogP contribution in [-0.2, 0) is 4.79 Å². The number of hydrazine groups is 1. The minimum atomic E-state index is -0.367. The van der Waals surface area contributed by atoms with Gasteiger partial charge in [-0.1, -0.05) is 12.1 Å². The number of methoxy groups -OCH3 is 1. The third-order valence-electron chi connectivity index (χ3n) is 2.31. The second-order valence-electron chi connectivity index (χ2n) is 3.59. The summed E-state index contributed by atoms with van der Waals surface area (Å²) in [5, 5.41) is 1.04. The van der Waals surface area contributed by atoms with E-state index in [0.717, 1.165) is 16.3 Å².